The second-order valence-corrected chi connectivity index (χ2v) is 3.02. The second-order valence-electron chi connectivity index (χ2n) is 3.02. The summed E-state index contributed by atoms with van der Waals surface area (Å²) in [6, 6.07) is 0. The van der Waals surface area contributed by atoms with Gasteiger partial charge in [0, 0.05) is 7.11 Å². The van der Waals surface area contributed by atoms with Crippen molar-refractivity contribution in [2.45, 2.75) is 38.4 Å². The van der Waals surface area contributed by atoms with Gasteiger partial charge in [0.2, 0.25) is 0 Å². The van der Waals surface area contributed by atoms with E-state index < -0.39 is 0 Å². The number of hydrogen-bond donors (Lipinski definition) is 1. The average Bonchev–Trinajstić information content (AvgIpc) is 2.14. The third-order valence-corrected chi connectivity index (χ3v) is 1.86. The van der Waals surface area contributed by atoms with E-state index in [0.717, 1.165) is 12.8 Å². The number of hydrogen-bond acceptors (Lipinski definition) is 3. The van der Waals surface area contributed by atoms with Crippen LogP contribution in [0, 0.1) is 0 Å². The van der Waals surface area contributed by atoms with Crippen molar-refractivity contribution < 1.29 is 14.6 Å². The SMILES string of the molecule is C=CC[C@H](C[C@H](O)CC)OCOC. The standard InChI is InChI=1S/C10H20O3/c1-4-6-10(13-8-12-3)7-9(11)5-2/h4,9-11H,1,5-8H2,2-3H3/t9-,10-/m1/s1. The maximum Gasteiger partial charge on any atom is 0.146 e. The maximum absolute atomic E-state index is 9.40. The van der Waals surface area contributed by atoms with Crippen LogP contribution in [0.4, 0.5) is 0 Å². The Morgan fingerprint density at radius 1 is 1.54 bits per heavy atom. The topological polar surface area (TPSA) is 38.7 Å². The van der Waals surface area contributed by atoms with Gasteiger partial charge in [-0.1, -0.05) is 13.0 Å². The fourth-order valence-electron chi connectivity index (χ4n) is 1.05. The minimum absolute atomic E-state index is 0.0207. The third-order valence-electron chi connectivity index (χ3n) is 1.86. The zero-order valence-electron chi connectivity index (χ0n) is 8.53. The van der Waals surface area contributed by atoms with Gasteiger partial charge < -0.3 is 14.6 Å². The lowest BCUT2D eigenvalue weighted by Gasteiger charge is -2.18. The van der Waals surface area contributed by atoms with Gasteiger partial charge in [0.05, 0.1) is 12.2 Å². The average molecular weight is 188 g/mol. The monoisotopic (exact) mass is 188 g/mol. The Morgan fingerprint density at radius 3 is 2.69 bits per heavy atom. The smallest absolute Gasteiger partial charge is 0.146 e. The zero-order chi connectivity index (χ0) is 10.1. The van der Waals surface area contributed by atoms with E-state index in [1.165, 1.54) is 0 Å². The lowest BCUT2D eigenvalue weighted by atomic mass is 10.1. The van der Waals surface area contributed by atoms with Gasteiger partial charge in [0.1, 0.15) is 6.79 Å². The zero-order valence-corrected chi connectivity index (χ0v) is 8.53. The summed E-state index contributed by atoms with van der Waals surface area (Å²) in [5.41, 5.74) is 0. The molecule has 0 unspecified atom stereocenters. The molecule has 3 heteroatoms. The largest absolute Gasteiger partial charge is 0.393 e. The van der Waals surface area contributed by atoms with E-state index in [4.69, 9.17) is 9.47 Å². The third kappa shape index (κ3) is 6.75. The van der Waals surface area contributed by atoms with Gasteiger partial charge in [-0.2, -0.15) is 0 Å². The van der Waals surface area contributed by atoms with Crippen LogP contribution >= 0.6 is 0 Å². The second kappa shape index (κ2) is 8.23. The maximum atomic E-state index is 9.40. The summed E-state index contributed by atoms with van der Waals surface area (Å²) in [5, 5.41) is 9.40. The molecular weight excluding hydrogens is 168 g/mol. The summed E-state index contributed by atoms with van der Waals surface area (Å²) < 4.78 is 10.1. The van der Waals surface area contributed by atoms with E-state index in [1.807, 2.05) is 6.92 Å². The molecule has 0 aliphatic carbocycles. The van der Waals surface area contributed by atoms with Crippen molar-refractivity contribution in [2.24, 2.45) is 0 Å². The van der Waals surface area contributed by atoms with Gasteiger partial charge in [-0.3, -0.25) is 0 Å². The van der Waals surface area contributed by atoms with Crippen LogP contribution in [0.5, 0.6) is 0 Å². The Hall–Kier alpha value is -0.380. The molecule has 0 saturated heterocycles. The van der Waals surface area contributed by atoms with E-state index >= 15 is 0 Å². The molecule has 0 radical (unpaired) electrons. The van der Waals surface area contributed by atoms with E-state index in [-0.39, 0.29) is 19.0 Å². The highest BCUT2D eigenvalue weighted by Crippen LogP contribution is 2.10. The van der Waals surface area contributed by atoms with Crippen LogP contribution in [0.2, 0.25) is 0 Å². The van der Waals surface area contributed by atoms with Crippen LogP contribution in [0.15, 0.2) is 12.7 Å². The molecule has 0 amide bonds. The van der Waals surface area contributed by atoms with E-state index in [2.05, 4.69) is 6.58 Å². The number of aliphatic hydroxyl groups is 1. The molecule has 0 aliphatic rings. The molecule has 0 aromatic rings. The minimum atomic E-state index is -0.290. The van der Waals surface area contributed by atoms with Crippen molar-refractivity contribution >= 4 is 0 Å². The van der Waals surface area contributed by atoms with E-state index in [0.29, 0.717) is 6.42 Å². The summed E-state index contributed by atoms with van der Waals surface area (Å²) >= 11 is 0. The number of methoxy groups -OCH3 is 1. The summed E-state index contributed by atoms with van der Waals surface area (Å²) in [6.45, 7) is 5.86. The molecule has 0 aliphatic heterocycles. The van der Waals surface area contributed by atoms with Crippen molar-refractivity contribution in [3.05, 3.63) is 12.7 Å². The molecule has 2 atom stereocenters. The van der Waals surface area contributed by atoms with Crippen molar-refractivity contribution in [2.75, 3.05) is 13.9 Å². The molecule has 0 rings (SSSR count). The van der Waals surface area contributed by atoms with Crippen molar-refractivity contribution in [1.29, 1.82) is 0 Å². The van der Waals surface area contributed by atoms with Crippen LogP contribution in [0.25, 0.3) is 0 Å². The van der Waals surface area contributed by atoms with Crippen LogP contribution in [-0.2, 0) is 9.47 Å². The molecule has 3 nitrogen and oxygen atoms in total. The van der Waals surface area contributed by atoms with Crippen molar-refractivity contribution in [1.82, 2.24) is 0 Å². The van der Waals surface area contributed by atoms with Crippen LogP contribution < -0.4 is 0 Å². The van der Waals surface area contributed by atoms with Crippen LogP contribution in [0.1, 0.15) is 26.2 Å². The quantitative estimate of drug-likeness (QED) is 0.465. The highest BCUT2D eigenvalue weighted by atomic mass is 16.7. The Balaban J connectivity index is 3.71. The van der Waals surface area contributed by atoms with E-state index in [1.54, 1.807) is 13.2 Å². The van der Waals surface area contributed by atoms with Crippen molar-refractivity contribution in [3.8, 4) is 0 Å². The fourth-order valence-corrected chi connectivity index (χ4v) is 1.05. The molecule has 0 aromatic heterocycles. The first-order valence-corrected chi connectivity index (χ1v) is 4.64. The van der Waals surface area contributed by atoms with Gasteiger partial charge in [-0.15, -0.1) is 6.58 Å². The van der Waals surface area contributed by atoms with Crippen LogP contribution in [-0.4, -0.2) is 31.2 Å². The molecule has 0 bridgehead atoms. The predicted molar refractivity (Wildman–Crippen MR) is 52.5 cm³/mol. The van der Waals surface area contributed by atoms with Crippen molar-refractivity contribution in [3.63, 3.8) is 0 Å². The van der Waals surface area contributed by atoms with Gasteiger partial charge in [-0.25, -0.2) is 0 Å². The summed E-state index contributed by atoms with van der Waals surface area (Å²) in [5.74, 6) is 0. The molecule has 0 spiro atoms. The minimum Gasteiger partial charge on any atom is -0.393 e. The van der Waals surface area contributed by atoms with E-state index in [9.17, 15) is 5.11 Å². The molecular formula is C10H20O3. The van der Waals surface area contributed by atoms with Gasteiger partial charge in [-0.05, 0) is 19.3 Å². The highest BCUT2D eigenvalue weighted by molar-refractivity contribution is 4.75. The molecule has 0 heterocycles. The lowest BCUT2D eigenvalue weighted by Crippen LogP contribution is -2.20. The predicted octanol–water partition coefficient (Wildman–Crippen LogP) is 1.71. The van der Waals surface area contributed by atoms with Gasteiger partial charge in [0.25, 0.3) is 0 Å². The Kier molecular flexibility index (Phi) is 7.99. The molecule has 78 valence electrons. The molecule has 1 N–H and O–H groups in total. The summed E-state index contributed by atoms with van der Waals surface area (Å²) in [7, 11) is 1.58. The number of rotatable bonds is 8. The molecule has 0 fully saturated rings. The molecule has 0 aromatic carbocycles. The van der Waals surface area contributed by atoms with Gasteiger partial charge in [0.15, 0.2) is 0 Å². The molecule has 0 saturated carbocycles. The lowest BCUT2D eigenvalue weighted by molar-refractivity contribution is -0.0830. The fraction of sp³-hybridized carbons (Fsp3) is 0.800. The normalized spacial score (nSPS) is 15.3. The Labute approximate surface area is 80.4 Å². The Morgan fingerprint density at radius 2 is 2.23 bits per heavy atom. The Bertz CT molecular complexity index is 125. The first-order chi connectivity index (χ1) is 6.24. The molecule has 13 heavy (non-hydrogen) atoms. The first-order valence-electron chi connectivity index (χ1n) is 4.64. The summed E-state index contributed by atoms with van der Waals surface area (Å²) in [6.07, 6.45) is 3.67. The highest BCUT2D eigenvalue weighted by Gasteiger charge is 2.12. The summed E-state index contributed by atoms with van der Waals surface area (Å²) in [4.78, 5) is 0. The first kappa shape index (κ1) is 12.6. The number of aliphatic hydroxyl groups excluding tert-OH is 1. The van der Waals surface area contributed by atoms with Crippen LogP contribution in [0.3, 0.4) is 0 Å². The van der Waals surface area contributed by atoms with Gasteiger partial charge >= 0.3 is 0 Å². The number of ether oxygens (including phenoxy) is 2.